The molecule has 0 spiro atoms. The third-order valence-corrected chi connectivity index (χ3v) is 4.48. The molecule has 2 aromatic rings. The molecule has 0 saturated heterocycles. The van der Waals surface area contributed by atoms with E-state index < -0.39 is 17.3 Å². The molecule has 4 N–H and O–H groups in total. The first-order valence-electron chi connectivity index (χ1n) is 9.62. The Bertz CT molecular complexity index is 1000. The van der Waals surface area contributed by atoms with Gasteiger partial charge in [-0.15, -0.1) is 5.10 Å². The van der Waals surface area contributed by atoms with E-state index in [1.807, 2.05) is 46.8 Å². The number of aromatic hydroxyl groups is 1. The summed E-state index contributed by atoms with van der Waals surface area (Å²) in [7, 11) is 0. The second-order valence-electron chi connectivity index (χ2n) is 9.04. The van der Waals surface area contributed by atoms with E-state index >= 15 is 0 Å². The maximum absolute atomic E-state index is 13.3. The molecule has 1 aliphatic rings. The fourth-order valence-corrected chi connectivity index (χ4v) is 3.03. The Hall–Kier alpha value is -2.77. The fourth-order valence-electron chi connectivity index (χ4n) is 3.03. The summed E-state index contributed by atoms with van der Waals surface area (Å²) >= 11 is 0. The molecule has 2 heterocycles. The van der Waals surface area contributed by atoms with Crippen molar-refractivity contribution in [3.05, 3.63) is 27.6 Å². The van der Waals surface area contributed by atoms with E-state index in [0.29, 0.717) is 17.8 Å². The van der Waals surface area contributed by atoms with Crippen LogP contribution in [0.25, 0.3) is 11.7 Å². The molecule has 28 heavy (non-hydrogen) atoms. The number of hydrogen-bond acceptors (Lipinski definition) is 5. The number of carbonyl (C=O) groups is 1. The van der Waals surface area contributed by atoms with Crippen molar-refractivity contribution in [2.24, 2.45) is 11.3 Å². The van der Waals surface area contributed by atoms with Gasteiger partial charge in [0.05, 0.1) is 5.56 Å². The molecule has 3 rings (SSSR count). The van der Waals surface area contributed by atoms with Crippen LogP contribution in [0.4, 0.5) is 5.82 Å². The van der Waals surface area contributed by atoms with Crippen molar-refractivity contribution in [3.63, 3.8) is 0 Å². The SMILES string of the molecule is CC(C)/C=C/c1c(N)nn2c(O)c(C(=O)NC3CC3)c(=O)n(CC(C)(C)C)c12. The molecule has 0 aromatic carbocycles. The second kappa shape index (κ2) is 7.00. The first kappa shape index (κ1) is 20.0. The van der Waals surface area contributed by atoms with Crippen LogP contribution in [0.3, 0.4) is 0 Å². The van der Waals surface area contributed by atoms with Gasteiger partial charge >= 0.3 is 0 Å². The number of rotatable bonds is 5. The Morgan fingerprint density at radius 1 is 1.39 bits per heavy atom. The molecule has 0 aliphatic heterocycles. The predicted octanol–water partition coefficient (Wildman–Crippen LogP) is 2.39. The third-order valence-electron chi connectivity index (χ3n) is 4.48. The normalized spacial score (nSPS) is 15.1. The van der Waals surface area contributed by atoms with Crippen molar-refractivity contribution in [1.29, 1.82) is 0 Å². The smallest absolute Gasteiger partial charge is 0.270 e. The molecular weight excluding hydrogens is 358 g/mol. The Kier molecular flexibility index (Phi) is 4.99. The van der Waals surface area contributed by atoms with E-state index in [1.165, 1.54) is 9.08 Å². The molecule has 2 aromatic heterocycles. The zero-order valence-corrected chi connectivity index (χ0v) is 17.1. The Morgan fingerprint density at radius 2 is 2.04 bits per heavy atom. The Balaban J connectivity index is 2.30. The number of aromatic nitrogens is 3. The van der Waals surface area contributed by atoms with Gasteiger partial charge in [-0.05, 0) is 24.2 Å². The Labute approximate surface area is 164 Å². The minimum atomic E-state index is -0.581. The summed E-state index contributed by atoms with van der Waals surface area (Å²) in [6.45, 7) is 10.4. The lowest BCUT2D eigenvalue weighted by Crippen LogP contribution is -2.37. The molecule has 0 atom stereocenters. The number of nitrogen functional groups attached to an aromatic ring is 1. The molecule has 8 nitrogen and oxygen atoms in total. The molecule has 8 heteroatoms. The zero-order valence-electron chi connectivity index (χ0n) is 17.1. The van der Waals surface area contributed by atoms with Crippen molar-refractivity contribution in [3.8, 4) is 5.88 Å². The lowest BCUT2D eigenvalue weighted by molar-refractivity contribution is 0.0944. The topological polar surface area (TPSA) is 115 Å². The number of anilines is 1. The molecule has 152 valence electrons. The van der Waals surface area contributed by atoms with Crippen molar-refractivity contribution >= 4 is 23.4 Å². The van der Waals surface area contributed by atoms with Gasteiger partial charge in [0.2, 0.25) is 5.88 Å². The first-order chi connectivity index (χ1) is 13.0. The van der Waals surface area contributed by atoms with Gasteiger partial charge in [-0.1, -0.05) is 46.8 Å². The number of hydrogen-bond donors (Lipinski definition) is 3. The largest absolute Gasteiger partial charge is 0.492 e. The van der Waals surface area contributed by atoms with E-state index in [9.17, 15) is 14.7 Å². The third kappa shape index (κ3) is 3.90. The van der Waals surface area contributed by atoms with Crippen LogP contribution in [-0.2, 0) is 6.54 Å². The van der Waals surface area contributed by atoms with Crippen LogP contribution in [0.1, 0.15) is 63.4 Å². The maximum Gasteiger partial charge on any atom is 0.270 e. The van der Waals surface area contributed by atoms with Gasteiger partial charge in [0, 0.05) is 12.6 Å². The van der Waals surface area contributed by atoms with Gasteiger partial charge in [0.15, 0.2) is 17.0 Å². The molecule has 0 bridgehead atoms. The van der Waals surface area contributed by atoms with Gasteiger partial charge in [0.25, 0.3) is 11.5 Å². The highest BCUT2D eigenvalue weighted by Crippen LogP contribution is 2.28. The monoisotopic (exact) mass is 387 g/mol. The predicted molar refractivity (Wildman–Crippen MR) is 109 cm³/mol. The van der Waals surface area contributed by atoms with Crippen molar-refractivity contribution < 1.29 is 9.90 Å². The zero-order chi connectivity index (χ0) is 20.8. The maximum atomic E-state index is 13.3. The van der Waals surface area contributed by atoms with E-state index in [-0.39, 0.29) is 28.8 Å². The summed E-state index contributed by atoms with van der Waals surface area (Å²) in [5.74, 6) is -0.606. The van der Waals surface area contributed by atoms with E-state index in [4.69, 9.17) is 5.73 Å². The summed E-state index contributed by atoms with van der Waals surface area (Å²) in [5, 5.41) is 17.7. The quantitative estimate of drug-likeness (QED) is 0.729. The highest BCUT2D eigenvalue weighted by molar-refractivity contribution is 5.97. The van der Waals surface area contributed by atoms with Gasteiger partial charge < -0.3 is 16.2 Å². The van der Waals surface area contributed by atoms with Crippen LogP contribution < -0.4 is 16.6 Å². The van der Waals surface area contributed by atoms with Gasteiger partial charge in [-0.3, -0.25) is 14.2 Å². The first-order valence-corrected chi connectivity index (χ1v) is 9.62. The lowest BCUT2D eigenvalue weighted by Gasteiger charge is -2.22. The molecule has 1 amide bonds. The fraction of sp³-hybridized carbons (Fsp3) is 0.550. The number of carbonyl (C=O) groups excluding carboxylic acids is 1. The number of fused-ring (bicyclic) bond motifs is 1. The number of allylic oxidation sites excluding steroid dienone is 1. The molecule has 0 unspecified atom stereocenters. The Morgan fingerprint density at radius 3 is 2.57 bits per heavy atom. The summed E-state index contributed by atoms with van der Waals surface area (Å²) in [4.78, 5) is 25.9. The molecule has 1 saturated carbocycles. The number of nitrogens with one attached hydrogen (secondary N) is 1. The van der Waals surface area contributed by atoms with Crippen LogP contribution in [0, 0.1) is 11.3 Å². The van der Waals surface area contributed by atoms with Gasteiger partial charge in [-0.2, -0.15) is 4.52 Å². The van der Waals surface area contributed by atoms with Crippen LogP contribution in [0.15, 0.2) is 10.9 Å². The summed E-state index contributed by atoms with van der Waals surface area (Å²) in [6, 6.07) is 0.0605. The van der Waals surface area contributed by atoms with E-state index in [0.717, 1.165) is 12.8 Å². The van der Waals surface area contributed by atoms with Crippen LogP contribution >= 0.6 is 0 Å². The van der Waals surface area contributed by atoms with Crippen LogP contribution in [0.2, 0.25) is 0 Å². The molecular formula is C20H29N5O3. The lowest BCUT2D eigenvalue weighted by atomic mass is 9.96. The average Bonchev–Trinajstić information content (AvgIpc) is 3.30. The minimum Gasteiger partial charge on any atom is -0.492 e. The highest BCUT2D eigenvalue weighted by atomic mass is 16.3. The van der Waals surface area contributed by atoms with Crippen LogP contribution in [0.5, 0.6) is 5.88 Å². The van der Waals surface area contributed by atoms with Crippen molar-refractivity contribution in [2.45, 2.75) is 60.0 Å². The summed E-state index contributed by atoms with van der Waals surface area (Å²) in [6.07, 6.45) is 5.52. The molecule has 1 aliphatic carbocycles. The highest BCUT2D eigenvalue weighted by Gasteiger charge is 2.31. The van der Waals surface area contributed by atoms with Crippen molar-refractivity contribution in [1.82, 2.24) is 19.5 Å². The average molecular weight is 387 g/mol. The summed E-state index contributed by atoms with van der Waals surface area (Å²) in [5.41, 5.74) is 5.95. The minimum absolute atomic E-state index is 0.0605. The number of amides is 1. The number of nitrogens with two attached hydrogens (primary N) is 1. The van der Waals surface area contributed by atoms with E-state index in [1.54, 1.807) is 0 Å². The molecule has 1 fully saturated rings. The summed E-state index contributed by atoms with van der Waals surface area (Å²) < 4.78 is 2.69. The number of nitrogens with zero attached hydrogens (tertiary/aromatic N) is 3. The standard InChI is InChI=1S/C20H29N5O3/c1-11(2)6-9-13-15(21)23-25-17(13)24(10-20(3,4)5)18(27)14(19(25)28)16(26)22-12-7-8-12/h6,9,11-12,28H,7-8,10H2,1-5H3,(H2,21,23)(H,22,26)/b9-6+. The second-order valence-corrected chi connectivity index (χ2v) is 9.04. The van der Waals surface area contributed by atoms with Crippen molar-refractivity contribution in [2.75, 3.05) is 5.73 Å². The van der Waals surface area contributed by atoms with Gasteiger partial charge in [0.1, 0.15) is 0 Å². The van der Waals surface area contributed by atoms with Crippen LogP contribution in [-0.4, -0.2) is 31.2 Å². The van der Waals surface area contributed by atoms with Gasteiger partial charge in [-0.25, -0.2) is 0 Å². The molecule has 0 radical (unpaired) electrons. The van der Waals surface area contributed by atoms with E-state index in [2.05, 4.69) is 10.4 Å².